The van der Waals surface area contributed by atoms with E-state index in [1.165, 1.54) is 12.1 Å². The second-order valence-corrected chi connectivity index (χ2v) is 10.8. The van der Waals surface area contributed by atoms with Crippen LogP contribution in [0.4, 0.5) is 4.39 Å². The monoisotopic (exact) mass is 458 g/mol. The van der Waals surface area contributed by atoms with Gasteiger partial charge in [0.05, 0.1) is 26.6 Å². The zero-order valence-corrected chi connectivity index (χ0v) is 18.2. The van der Waals surface area contributed by atoms with E-state index in [0.717, 1.165) is 41.9 Å². The van der Waals surface area contributed by atoms with Crippen LogP contribution in [0.3, 0.4) is 0 Å². The van der Waals surface area contributed by atoms with Crippen LogP contribution in [0.2, 0.25) is 0 Å². The summed E-state index contributed by atoms with van der Waals surface area (Å²) in [6, 6.07) is 8.98. The molecule has 0 fully saturated rings. The van der Waals surface area contributed by atoms with Crippen molar-refractivity contribution in [2.75, 3.05) is 19.5 Å². The van der Waals surface area contributed by atoms with Crippen molar-refractivity contribution in [2.45, 2.75) is 23.3 Å². The minimum Gasteiger partial charge on any atom is -0.380 e. The molecule has 3 aromatic rings. The lowest BCUT2D eigenvalue weighted by Crippen LogP contribution is -2.20. The summed E-state index contributed by atoms with van der Waals surface area (Å²) in [6.07, 6.45) is 1.11. The highest BCUT2D eigenvalue weighted by Gasteiger charge is 2.16. The maximum atomic E-state index is 13.1. The Bertz CT molecular complexity index is 1310. The minimum absolute atomic E-state index is 0.135. The Hall–Kier alpha value is -2.08. The van der Waals surface area contributed by atoms with Gasteiger partial charge in [-0.1, -0.05) is 11.3 Å². The molecule has 0 N–H and O–H groups in total. The zero-order chi connectivity index (χ0) is 21.2. The molecule has 0 spiro atoms. The van der Waals surface area contributed by atoms with E-state index >= 15 is 0 Å². The summed E-state index contributed by atoms with van der Waals surface area (Å²) in [5.74, 6) is -0.550. The van der Waals surface area contributed by atoms with Crippen molar-refractivity contribution in [3.05, 3.63) is 53.1 Å². The van der Waals surface area contributed by atoms with Crippen LogP contribution >= 0.6 is 11.3 Å². The molecule has 0 saturated carbocycles. The molecule has 2 aromatic carbocycles. The van der Waals surface area contributed by atoms with Gasteiger partial charge >= 0.3 is 0 Å². The molecule has 0 saturated heterocycles. The molecule has 1 aromatic heterocycles. The Kier molecular flexibility index (Phi) is 6.22. The average Bonchev–Trinajstić information content (AvgIpc) is 2.97. The number of hydrogen-bond donors (Lipinski definition) is 0. The first kappa shape index (κ1) is 21.6. The van der Waals surface area contributed by atoms with Gasteiger partial charge in [0.1, 0.15) is 5.82 Å². The van der Waals surface area contributed by atoms with Crippen LogP contribution in [-0.2, 0) is 31.1 Å². The third kappa shape index (κ3) is 4.92. The van der Waals surface area contributed by atoms with Gasteiger partial charge in [0.25, 0.3) is 10.0 Å². The molecule has 1 heterocycles. The summed E-state index contributed by atoms with van der Waals surface area (Å²) in [6.45, 7) is 3.02. The fourth-order valence-corrected chi connectivity index (χ4v) is 5.65. The topological polar surface area (TPSA) is 94.8 Å². The number of thiazole rings is 1. The van der Waals surface area contributed by atoms with Crippen LogP contribution < -0.4 is 4.80 Å². The minimum atomic E-state index is -4.08. The summed E-state index contributed by atoms with van der Waals surface area (Å²) in [5.41, 5.74) is 0.648. The molecule has 0 aliphatic heterocycles. The second kappa shape index (κ2) is 8.34. The molecule has 0 unspecified atom stereocenters. The molecule has 156 valence electrons. The molecule has 0 amide bonds. The van der Waals surface area contributed by atoms with E-state index in [2.05, 4.69) is 4.40 Å². The van der Waals surface area contributed by atoms with Gasteiger partial charge in [-0.2, -0.15) is 8.42 Å². The number of halogens is 1. The summed E-state index contributed by atoms with van der Waals surface area (Å²) in [4.78, 5) is 0.176. The van der Waals surface area contributed by atoms with Crippen molar-refractivity contribution in [1.29, 1.82) is 0 Å². The Morgan fingerprint density at radius 2 is 1.72 bits per heavy atom. The van der Waals surface area contributed by atoms with Crippen LogP contribution in [0.15, 0.2) is 56.7 Å². The van der Waals surface area contributed by atoms with E-state index in [4.69, 9.17) is 4.74 Å². The maximum Gasteiger partial charge on any atom is 0.285 e. The van der Waals surface area contributed by atoms with Crippen molar-refractivity contribution >= 4 is 41.4 Å². The Labute approximate surface area is 172 Å². The summed E-state index contributed by atoms with van der Waals surface area (Å²) >= 11 is 1.06. The lowest BCUT2D eigenvalue weighted by molar-refractivity contribution is 0.139. The fraction of sp³-hybridized carbons (Fsp3) is 0.278. The molecule has 11 heteroatoms. The van der Waals surface area contributed by atoms with Crippen molar-refractivity contribution in [2.24, 2.45) is 4.40 Å². The third-order valence-corrected chi connectivity index (χ3v) is 7.60. The van der Waals surface area contributed by atoms with Crippen LogP contribution in [0, 0.1) is 5.82 Å². The van der Waals surface area contributed by atoms with Gasteiger partial charge in [-0.15, -0.1) is 4.40 Å². The molecule has 3 rings (SSSR count). The van der Waals surface area contributed by atoms with E-state index in [-0.39, 0.29) is 14.6 Å². The lowest BCUT2D eigenvalue weighted by Gasteiger charge is -2.06. The number of sulfonamides is 1. The van der Waals surface area contributed by atoms with Gasteiger partial charge in [-0.25, -0.2) is 12.8 Å². The quantitative estimate of drug-likeness (QED) is 0.507. The standard InChI is InChI=1S/C18H19FN2O5S3/c1-3-26-11-10-21-16-9-8-15(28(2,22)23)12-17(16)27-18(21)20-29(24,25)14-6-4-13(19)5-7-14/h4-9,12H,3,10-11H2,1-2H3/b20-18-. The van der Waals surface area contributed by atoms with Crippen LogP contribution in [-0.4, -0.2) is 40.9 Å². The largest absolute Gasteiger partial charge is 0.380 e. The fourth-order valence-electron chi connectivity index (χ4n) is 2.63. The molecule has 0 atom stereocenters. The predicted octanol–water partition coefficient (Wildman–Crippen LogP) is 2.57. The van der Waals surface area contributed by atoms with Gasteiger partial charge in [-0.05, 0) is 49.4 Å². The molecular weight excluding hydrogens is 439 g/mol. The summed E-state index contributed by atoms with van der Waals surface area (Å²) in [5, 5.41) is 0. The number of rotatable bonds is 7. The normalized spacial score (nSPS) is 13.3. The predicted molar refractivity (Wildman–Crippen MR) is 109 cm³/mol. The van der Waals surface area contributed by atoms with Crippen molar-refractivity contribution in [1.82, 2.24) is 4.57 Å². The number of benzene rings is 2. The number of nitrogens with zero attached hydrogens (tertiary/aromatic N) is 2. The van der Waals surface area contributed by atoms with Gasteiger partial charge in [0.2, 0.25) is 4.80 Å². The SMILES string of the molecule is CCOCCn1/c(=N/S(=O)(=O)c2ccc(F)cc2)sc2cc(S(C)(=O)=O)ccc21. The first-order valence-corrected chi connectivity index (χ1v) is 12.7. The summed E-state index contributed by atoms with van der Waals surface area (Å²) in [7, 11) is -7.49. The molecule has 0 bridgehead atoms. The van der Waals surface area contributed by atoms with Gasteiger partial charge < -0.3 is 9.30 Å². The van der Waals surface area contributed by atoms with Crippen LogP contribution in [0.1, 0.15) is 6.92 Å². The average molecular weight is 459 g/mol. The highest BCUT2D eigenvalue weighted by Crippen LogP contribution is 2.22. The molecule has 0 aliphatic carbocycles. The van der Waals surface area contributed by atoms with Gasteiger partial charge in [-0.3, -0.25) is 0 Å². The van der Waals surface area contributed by atoms with Crippen molar-refractivity contribution in [3.63, 3.8) is 0 Å². The third-order valence-electron chi connectivity index (χ3n) is 4.06. The Morgan fingerprint density at radius 3 is 2.34 bits per heavy atom. The number of hydrogen-bond acceptors (Lipinski definition) is 6. The smallest absolute Gasteiger partial charge is 0.285 e. The Morgan fingerprint density at radius 1 is 1.07 bits per heavy atom. The van der Waals surface area contributed by atoms with E-state index in [1.807, 2.05) is 6.92 Å². The molecular formula is C18H19FN2O5S3. The number of ether oxygens (including phenoxy) is 1. The first-order valence-electron chi connectivity index (χ1n) is 8.59. The second-order valence-electron chi connectivity index (χ2n) is 6.16. The Balaban J connectivity index is 2.19. The van der Waals surface area contributed by atoms with Crippen LogP contribution in [0.25, 0.3) is 10.2 Å². The number of fused-ring (bicyclic) bond motifs is 1. The lowest BCUT2D eigenvalue weighted by atomic mass is 10.3. The van der Waals surface area contributed by atoms with E-state index in [9.17, 15) is 21.2 Å². The van der Waals surface area contributed by atoms with Gasteiger partial charge in [0.15, 0.2) is 9.84 Å². The van der Waals surface area contributed by atoms with E-state index in [1.54, 1.807) is 10.6 Å². The first-order chi connectivity index (χ1) is 13.6. The highest BCUT2D eigenvalue weighted by atomic mass is 32.2. The molecule has 0 radical (unpaired) electrons. The zero-order valence-electron chi connectivity index (χ0n) is 15.7. The van der Waals surface area contributed by atoms with E-state index in [0.29, 0.717) is 30.0 Å². The summed E-state index contributed by atoms with van der Waals surface area (Å²) < 4.78 is 73.7. The number of sulfone groups is 1. The number of aromatic nitrogens is 1. The van der Waals surface area contributed by atoms with Gasteiger partial charge in [0, 0.05) is 19.4 Å². The molecule has 0 aliphatic rings. The molecule has 7 nitrogen and oxygen atoms in total. The van der Waals surface area contributed by atoms with Crippen LogP contribution in [0.5, 0.6) is 0 Å². The van der Waals surface area contributed by atoms with Crippen molar-refractivity contribution in [3.8, 4) is 0 Å². The van der Waals surface area contributed by atoms with E-state index < -0.39 is 25.7 Å². The molecule has 29 heavy (non-hydrogen) atoms. The highest BCUT2D eigenvalue weighted by molar-refractivity contribution is 7.90. The maximum absolute atomic E-state index is 13.1. The van der Waals surface area contributed by atoms with Crippen molar-refractivity contribution < 1.29 is 26.0 Å².